The first-order valence-corrected chi connectivity index (χ1v) is 18.3. The van der Waals surface area contributed by atoms with E-state index in [1.165, 1.54) is 57.8 Å². The summed E-state index contributed by atoms with van der Waals surface area (Å²) in [5, 5.41) is 0. The second-order valence-electron chi connectivity index (χ2n) is 9.96. The van der Waals surface area contributed by atoms with Crippen LogP contribution in [-0.4, -0.2) is 76.7 Å². The van der Waals surface area contributed by atoms with E-state index in [1.54, 1.807) is 0 Å². The number of hydrogen-bond acceptors (Lipinski definition) is 5. The molecule has 1 aliphatic heterocycles. The van der Waals surface area contributed by atoms with E-state index in [2.05, 4.69) is 66.0 Å². The third-order valence-corrected chi connectivity index (χ3v) is 13.8. The summed E-state index contributed by atoms with van der Waals surface area (Å²) in [4.78, 5) is 0. The van der Waals surface area contributed by atoms with Crippen molar-refractivity contribution in [2.75, 3.05) is 46.0 Å². The maximum atomic E-state index is 6.86. The molecule has 0 atom stereocenters. The fourth-order valence-corrected chi connectivity index (χ4v) is 10.8. The number of ether oxygens (including phenoxy) is 2. The Balaban J connectivity index is 2.52. The van der Waals surface area contributed by atoms with Crippen molar-refractivity contribution in [2.24, 2.45) is 5.41 Å². The van der Waals surface area contributed by atoms with E-state index in [9.17, 15) is 0 Å². The fraction of sp³-hybridized carbons (Fsp3) is 1.00. The molecule has 0 bridgehead atoms. The van der Waals surface area contributed by atoms with Gasteiger partial charge >= 0.3 is 182 Å². The molecule has 1 fully saturated rings. The van der Waals surface area contributed by atoms with Gasteiger partial charge in [-0.3, -0.25) is 0 Å². The Bertz CT molecular complexity index is 520. The van der Waals surface area contributed by atoms with Gasteiger partial charge in [0.25, 0.3) is 0 Å². The van der Waals surface area contributed by atoms with Gasteiger partial charge in [-0.2, -0.15) is 0 Å². The van der Waals surface area contributed by atoms with E-state index in [0.717, 1.165) is 58.7 Å². The van der Waals surface area contributed by atoms with E-state index in [-0.39, 0.29) is 11.7 Å². The van der Waals surface area contributed by atoms with Crippen molar-refractivity contribution in [3.63, 3.8) is 0 Å². The van der Waals surface area contributed by atoms with Gasteiger partial charge in [0, 0.05) is 0 Å². The van der Waals surface area contributed by atoms with Crippen molar-refractivity contribution in [1.82, 2.24) is 9.34 Å². The third kappa shape index (κ3) is 11.0. The van der Waals surface area contributed by atoms with Crippen molar-refractivity contribution in [3.05, 3.63) is 0 Å². The minimum absolute atomic E-state index is 0.0344. The number of nitrogens with zero attached hydrogens (tertiary/aromatic N) is 2. The van der Waals surface area contributed by atoms with Crippen LogP contribution in [0.2, 0.25) is 0 Å². The second kappa shape index (κ2) is 18.9. The molecule has 0 amide bonds. The van der Waals surface area contributed by atoms with Crippen LogP contribution in [0.5, 0.6) is 0 Å². The molecule has 0 aromatic carbocycles. The van der Waals surface area contributed by atoms with E-state index in [0.29, 0.717) is 6.61 Å². The van der Waals surface area contributed by atoms with Crippen LogP contribution in [0.25, 0.3) is 0 Å². The second-order valence-corrected chi connectivity index (χ2v) is 15.3. The van der Waals surface area contributed by atoms with Crippen molar-refractivity contribution in [2.45, 2.75) is 125 Å². The average Bonchev–Trinajstić information content (AvgIpc) is 2.84. The maximum absolute atomic E-state index is 6.86. The molecule has 0 aromatic rings. The zero-order valence-electron chi connectivity index (χ0n) is 23.5. The minimum atomic E-state index is -1.95. The van der Waals surface area contributed by atoms with Crippen LogP contribution >= 0.6 is 6.04 Å². The predicted molar refractivity (Wildman–Crippen MR) is 149 cm³/mol. The van der Waals surface area contributed by atoms with Crippen LogP contribution in [-0.2, 0) is 14.0 Å². The molecule has 1 saturated heterocycles. The predicted octanol–water partition coefficient (Wildman–Crippen LogP) is 7.61. The standard InChI is InChI=1S/C27H57N2O3PSe/c1-7-13-14-15-16-17-18-19-20-21-26-30-23-27(22-8-2,24-31-26)25-32-33(34,28(9-3)10-4)29(11-5)12-6/h26H,7-25H2,1-6H3. The molecule has 0 spiro atoms. The van der Waals surface area contributed by atoms with Crippen molar-refractivity contribution in [1.29, 1.82) is 0 Å². The van der Waals surface area contributed by atoms with Gasteiger partial charge in [-0.05, 0) is 0 Å². The van der Waals surface area contributed by atoms with Gasteiger partial charge in [0.15, 0.2) is 0 Å². The molecular formula is C27H57N2O3PSe. The zero-order valence-corrected chi connectivity index (χ0v) is 26.1. The number of rotatable bonds is 21. The molecule has 1 aliphatic rings. The summed E-state index contributed by atoms with van der Waals surface area (Å²) >= 11 is 3.52. The molecule has 0 N–H and O–H groups in total. The first-order chi connectivity index (χ1) is 16.4. The Morgan fingerprint density at radius 2 is 1.21 bits per heavy atom. The summed E-state index contributed by atoms with van der Waals surface area (Å²) < 4.78 is 24.4. The molecule has 204 valence electrons. The summed E-state index contributed by atoms with van der Waals surface area (Å²) in [5.74, 6) is 0. The third-order valence-electron chi connectivity index (χ3n) is 7.19. The molecule has 0 saturated carbocycles. The molecule has 0 unspecified atom stereocenters. The normalized spacial score (nSPS) is 21.6. The van der Waals surface area contributed by atoms with E-state index in [4.69, 9.17) is 14.0 Å². The van der Waals surface area contributed by atoms with Gasteiger partial charge in [0.2, 0.25) is 0 Å². The van der Waals surface area contributed by atoms with E-state index in [1.807, 2.05) is 0 Å². The van der Waals surface area contributed by atoms with E-state index >= 15 is 0 Å². The van der Waals surface area contributed by atoms with Gasteiger partial charge in [-0.25, -0.2) is 0 Å². The van der Waals surface area contributed by atoms with Gasteiger partial charge in [-0.1, -0.05) is 39.0 Å². The molecular weight excluding hydrogens is 510 g/mol. The molecule has 0 aliphatic carbocycles. The van der Waals surface area contributed by atoms with Crippen molar-refractivity contribution >= 4 is 21.1 Å². The van der Waals surface area contributed by atoms with Crippen LogP contribution in [0.4, 0.5) is 0 Å². The Morgan fingerprint density at radius 1 is 0.735 bits per heavy atom. The van der Waals surface area contributed by atoms with Crippen molar-refractivity contribution < 1.29 is 14.0 Å². The molecule has 5 nitrogen and oxygen atoms in total. The Kier molecular flexibility index (Phi) is 18.2. The van der Waals surface area contributed by atoms with E-state index < -0.39 is 6.04 Å². The summed E-state index contributed by atoms with van der Waals surface area (Å²) in [6.07, 6.45) is 15.4. The summed E-state index contributed by atoms with van der Waals surface area (Å²) in [6.45, 7) is 19.6. The quantitative estimate of drug-likeness (QED) is 0.0810. The topological polar surface area (TPSA) is 34.2 Å². The van der Waals surface area contributed by atoms with Crippen molar-refractivity contribution in [3.8, 4) is 0 Å². The first-order valence-electron chi connectivity index (χ1n) is 14.4. The average molecular weight is 568 g/mol. The molecule has 1 rings (SSSR count). The van der Waals surface area contributed by atoms with Crippen LogP contribution in [0.3, 0.4) is 0 Å². The summed E-state index contributed by atoms with van der Waals surface area (Å²) in [5.41, 5.74) is -0.0425. The van der Waals surface area contributed by atoms with Gasteiger partial charge < -0.3 is 0 Å². The summed E-state index contributed by atoms with van der Waals surface area (Å²) in [7, 11) is 0. The van der Waals surface area contributed by atoms with Crippen LogP contribution in [0.1, 0.15) is 119 Å². The SMILES string of the molecule is CCCCCCCCCCCC1OCC(CCC)(COP(=[Se])(N(CC)CC)N(CC)CC)CO1. The molecule has 0 radical (unpaired) electrons. The molecule has 34 heavy (non-hydrogen) atoms. The first kappa shape index (κ1) is 32.8. The van der Waals surface area contributed by atoms with Gasteiger partial charge in [0.1, 0.15) is 0 Å². The van der Waals surface area contributed by atoms with Gasteiger partial charge in [-0.15, -0.1) is 0 Å². The van der Waals surface area contributed by atoms with Crippen LogP contribution in [0.15, 0.2) is 0 Å². The zero-order chi connectivity index (χ0) is 25.3. The number of hydrogen-bond donors (Lipinski definition) is 0. The molecule has 7 heteroatoms. The van der Waals surface area contributed by atoms with Crippen LogP contribution < -0.4 is 0 Å². The Morgan fingerprint density at radius 3 is 1.65 bits per heavy atom. The fourth-order valence-electron chi connectivity index (χ4n) is 4.97. The Labute approximate surface area is 220 Å². The molecule has 0 aromatic heterocycles. The Hall–Kier alpha value is 0.749. The van der Waals surface area contributed by atoms with Crippen LogP contribution in [0, 0.1) is 5.41 Å². The summed E-state index contributed by atoms with van der Waals surface area (Å²) in [6, 6.07) is -1.95. The monoisotopic (exact) mass is 568 g/mol. The van der Waals surface area contributed by atoms with Gasteiger partial charge in [0.05, 0.1) is 0 Å². The number of unbranched alkanes of at least 4 members (excludes halogenated alkanes) is 8. The molecule has 1 heterocycles.